The number of carboxylic acids is 1. The van der Waals surface area contributed by atoms with Crippen LogP contribution in [0.15, 0.2) is 36.4 Å². The average molecular weight is 244 g/mol. The van der Waals surface area contributed by atoms with E-state index in [1.807, 2.05) is 30.3 Å². The van der Waals surface area contributed by atoms with Gasteiger partial charge in [0.05, 0.1) is 5.69 Å². The molecule has 0 amide bonds. The van der Waals surface area contributed by atoms with E-state index in [-0.39, 0.29) is 17.0 Å². The molecule has 0 radical (unpaired) electrons. The summed E-state index contributed by atoms with van der Waals surface area (Å²) in [5.74, 6) is -1.11. The number of hydrogen-bond donors (Lipinski definition) is 3. The lowest BCUT2D eigenvalue weighted by Gasteiger charge is -2.09. The highest BCUT2D eigenvalue weighted by molar-refractivity contribution is 5.92. The number of nitrogens with one attached hydrogen (secondary N) is 1. The summed E-state index contributed by atoms with van der Waals surface area (Å²) < 4.78 is 0. The van der Waals surface area contributed by atoms with Crippen molar-refractivity contribution in [2.45, 2.75) is 6.92 Å². The lowest BCUT2D eigenvalue weighted by molar-refractivity contribution is 0.0693. The fourth-order valence-corrected chi connectivity index (χ4v) is 1.56. The second kappa shape index (κ2) is 4.75. The van der Waals surface area contributed by atoms with Gasteiger partial charge in [-0.05, 0) is 25.1 Å². The SMILES string of the molecule is Cc1nc(Nc2ccccc2)cc(C(=O)O)c1O. The number of aromatic hydroxyl groups is 1. The molecule has 0 aliphatic carbocycles. The summed E-state index contributed by atoms with van der Waals surface area (Å²) in [5.41, 5.74) is 0.903. The molecule has 0 aliphatic rings. The normalized spacial score (nSPS) is 10.1. The van der Waals surface area contributed by atoms with Crippen LogP contribution in [0, 0.1) is 6.92 Å². The molecule has 0 bridgehead atoms. The standard InChI is InChI=1S/C13H12N2O3/c1-8-12(16)10(13(17)18)7-11(14-8)15-9-5-3-2-4-6-9/h2-7,16H,1H3,(H,14,15)(H,17,18). The van der Waals surface area contributed by atoms with Crippen molar-refractivity contribution >= 4 is 17.5 Å². The van der Waals surface area contributed by atoms with Crippen molar-refractivity contribution in [3.63, 3.8) is 0 Å². The van der Waals surface area contributed by atoms with Gasteiger partial charge in [0.1, 0.15) is 11.4 Å². The number of carbonyl (C=O) groups is 1. The zero-order chi connectivity index (χ0) is 13.1. The summed E-state index contributed by atoms with van der Waals surface area (Å²) in [6.45, 7) is 1.55. The largest absolute Gasteiger partial charge is 0.505 e. The lowest BCUT2D eigenvalue weighted by Crippen LogP contribution is -2.03. The molecule has 0 saturated heterocycles. The average Bonchev–Trinajstić information content (AvgIpc) is 2.34. The van der Waals surface area contributed by atoms with Crippen molar-refractivity contribution in [3.05, 3.63) is 47.7 Å². The van der Waals surface area contributed by atoms with Crippen LogP contribution >= 0.6 is 0 Å². The maximum Gasteiger partial charge on any atom is 0.339 e. The zero-order valence-corrected chi connectivity index (χ0v) is 9.71. The molecule has 1 heterocycles. The van der Waals surface area contributed by atoms with Crippen molar-refractivity contribution in [2.24, 2.45) is 0 Å². The molecule has 18 heavy (non-hydrogen) atoms. The minimum Gasteiger partial charge on any atom is -0.505 e. The molecular weight excluding hydrogens is 232 g/mol. The van der Waals surface area contributed by atoms with Crippen LogP contribution in [0.3, 0.4) is 0 Å². The first-order valence-electron chi connectivity index (χ1n) is 5.34. The molecule has 2 aromatic rings. The third-order valence-corrected chi connectivity index (χ3v) is 2.44. The van der Waals surface area contributed by atoms with Gasteiger partial charge in [0.25, 0.3) is 0 Å². The first-order valence-corrected chi connectivity index (χ1v) is 5.34. The van der Waals surface area contributed by atoms with Crippen LogP contribution < -0.4 is 5.32 Å². The van der Waals surface area contributed by atoms with E-state index >= 15 is 0 Å². The Morgan fingerprint density at radius 2 is 1.94 bits per heavy atom. The molecule has 2 rings (SSSR count). The van der Waals surface area contributed by atoms with Crippen LogP contribution in [-0.4, -0.2) is 21.2 Å². The molecule has 1 aromatic heterocycles. The molecule has 5 nitrogen and oxygen atoms in total. The maximum absolute atomic E-state index is 11.0. The van der Waals surface area contributed by atoms with Crippen molar-refractivity contribution in [1.29, 1.82) is 0 Å². The van der Waals surface area contributed by atoms with Gasteiger partial charge in [-0.25, -0.2) is 9.78 Å². The smallest absolute Gasteiger partial charge is 0.339 e. The molecule has 0 atom stereocenters. The number of nitrogens with zero attached hydrogens (tertiary/aromatic N) is 1. The molecule has 1 aromatic carbocycles. The predicted octanol–water partition coefficient (Wildman–Crippen LogP) is 2.54. The van der Waals surface area contributed by atoms with Crippen molar-refractivity contribution in [3.8, 4) is 5.75 Å². The van der Waals surface area contributed by atoms with E-state index in [1.165, 1.54) is 6.07 Å². The molecule has 3 N–H and O–H groups in total. The highest BCUT2D eigenvalue weighted by Crippen LogP contribution is 2.25. The summed E-state index contributed by atoms with van der Waals surface area (Å²) in [7, 11) is 0. The Hall–Kier alpha value is -2.56. The maximum atomic E-state index is 11.0. The van der Waals surface area contributed by atoms with Gasteiger partial charge >= 0.3 is 5.97 Å². The van der Waals surface area contributed by atoms with Gasteiger partial charge < -0.3 is 15.5 Å². The van der Waals surface area contributed by atoms with Crippen LogP contribution in [-0.2, 0) is 0 Å². The molecule has 0 aliphatic heterocycles. The molecule has 0 unspecified atom stereocenters. The van der Waals surface area contributed by atoms with Gasteiger partial charge in [-0.2, -0.15) is 0 Å². The quantitative estimate of drug-likeness (QED) is 0.772. The number of para-hydroxylation sites is 1. The molecule has 0 saturated carbocycles. The Bertz CT molecular complexity index is 582. The van der Waals surface area contributed by atoms with E-state index in [0.29, 0.717) is 5.82 Å². The van der Waals surface area contributed by atoms with Crippen molar-refractivity contribution in [2.75, 3.05) is 5.32 Å². The van der Waals surface area contributed by atoms with Crippen LogP contribution in [0.25, 0.3) is 0 Å². The topological polar surface area (TPSA) is 82.5 Å². The molecule has 5 heteroatoms. The summed E-state index contributed by atoms with van der Waals surface area (Å²) in [5, 5.41) is 21.5. The molecule has 92 valence electrons. The minimum atomic E-state index is -1.19. The number of aryl methyl sites for hydroxylation is 1. The predicted molar refractivity (Wildman–Crippen MR) is 67.3 cm³/mol. The number of anilines is 2. The molecular formula is C13H12N2O3. The first-order chi connectivity index (χ1) is 8.58. The highest BCUT2D eigenvalue weighted by atomic mass is 16.4. The highest BCUT2D eigenvalue weighted by Gasteiger charge is 2.14. The van der Waals surface area contributed by atoms with Gasteiger partial charge in [0.2, 0.25) is 0 Å². The second-order valence-electron chi connectivity index (χ2n) is 3.79. The van der Waals surface area contributed by atoms with Gasteiger partial charge in [-0.1, -0.05) is 18.2 Å². The Morgan fingerprint density at radius 3 is 2.56 bits per heavy atom. The second-order valence-corrected chi connectivity index (χ2v) is 3.79. The van der Waals surface area contributed by atoms with Gasteiger partial charge in [-0.3, -0.25) is 0 Å². The summed E-state index contributed by atoms with van der Waals surface area (Å²) in [6, 6.07) is 10.6. The summed E-state index contributed by atoms with van der Waals surface area (Å²) in [4.78, 5) is 15.0. The number of benzene rings is 1. The number of hydrogen-bond acceptors (Lipinski definition) is 4. The summed E-state index contributed by atoms with van der Waals surface area (Å²) >= 11 is 0. The van der Waals surface area contributed by atoms with Crippen molar-refractivity contribution < 1.29 is 15.0 Å². The zero-order valence-electron chi connectivity index (χ0n) is 9.71. The van der Waals surface area contributed by atoms with Crippen molar-refractivity contribution in [1.82, 2.24) is 4.98 Å². The molecule has 0 spiro atoms. The minimum absolute atomic E-state index is 0.166. The van der Waals surface area contributed by atoms with Crippen LogP contribution in [0.2, 0.25) is 0 Å². The van der Waals surface area contributed by atoms with E-state index in [9.17, 15) is 9.90 Å². The first kappa shape index (κ1) is 11.9. The van der Waals surface area contributed by atoms with E-state index in [4.69, 9.17) is 5.11 Å². The van der Waals surface area contributed by atoms with E-state index < -0.39 is 5.97 Å². The van der Waals surface area contributed by atoms with E-state index in [1.54, 1.807) is 6.92 Å². The monoisotopic (exact) mass is 244 g/mol. The Morgan fingerprint density at radius 1 is 1.28 bits per heavy atom. The van der Waals surface area contributed by atoms with Crippen LogP contribution in [0.5, 0.6) is 5.75 Å². The van der Waals surface area contributed by atoms with E-state index in [2.05, 4.69) is 10.3 Å². The lowest BCUT2D eigenvalue weighted by atomic mass is 10.2. The summed E-state index contributed by atoms with van der Waals surface area (Å²) in [6.07, 6.45) is 0. The van der Waals surface area contributed by atoms with Gasteiger partial charge in [0.15, 0.2) is 5.75 Å². The van der Waals surface area contributed by atoms with Crippen LogP contribution in [0.1, 0.15) is 16.1 Å². The fourth-order valence-electron chi connectivity index (χ4n) is 1.56. The molecule has 0 fully saturated rings. The van der Waals surface area contributed by atoms with Gasteiger partial charge in [0, 0.05) is 5.69 Å². The Balaban J connectivity index is 2.38. The van der Waals surface area contributed by atoms with E-state index in [0.717, 1.165) is 5.69 Å². The van der Waals surface area contributed by atoms with Gasteiger partial charge in [-0.15, -0.1) is 0 Å². The number of aromatic carboxylic acids is 1. The fraction of sp³-hybridized carbons (Fsp3) is 0.0769. The number of rotatable bonds is 3. The third-order valence-electron chi connectivity index (χ3n) is 2.44. The Labute approximate surface area is 104 Å². The number of carboxylic acid groups (broad SMARTS) is 1. The third kappa shape index (κ3) is 2.40. The number of pyridine rings is 1. The Kier molecular flexibility index (Phi) is 3.14. The number of aromatic nitrogens is 1. The van der Waals surface area contributed by atoms with Crippen LogP contribution in [0.4, 0.5) is 11.5 Å².